The molecular weight excluding hydrogens is 981 g/mol. The summed E-state index contributed by atoms with van der Waals surface area (Å²) in [6, 6.07) is 26.8. The van der Waals surface area contributed by atoms with E-state index in [0.29, 0.717) is 30.1 Å². The van der Waals surface area contributed by atoms with Crippen molar-refractivity contribution in [3.63, 3.8) is 0 Å². The Hall–Kier alpha value is -8.06. The lowest BCUT2D eigenvalue weighted by molar-refractivity contribution is 0.369. The van der Waals surface area contributed by atoms with Gasteiger partial charge in [-0.25, -0.2) is 18.7 Å². The number of H-pyrrole nitrogens is 7. The van der Waals surface area contributed by atoms with Gasteiger partial charge in [0.15, 0.2) is 0 Å². The molecular formula is C32H42N30OS5. The van der Waals surface area contributed by atoms with Crippen LogP contribution < -0.4 is 10.5 Å². The Morgan fingerprint density at radius 2 is 1.12 bits per heavy atom. The van der Waals surface area contributed by atoms with Crippen LogP contribution in [0.2, 0.25) is 0 Å². The van der Waals surface area contributed by atoms with E-state index in [0.717, 1.165) is 35.8 Å². The highest BCUT2D eigenvalue weighted by Gasteiger charge is 2.01. The first-order valence-corrected chi connectivity index (χ1v) is 21.7. The van der Waals surface area contributed by atoms with E-state index in [9.17, 15) is 0 Å². The number of nitrogen functional groups attached to an aromatic ring is 1. The molecule has 0 unspecified atom stereocenters. The first-order valence-electron chi connectivity index (χ1n) is 18.8. The first kappa shape index (κ1) is 52.6. The number of hydrogen-bond acceptors (Lipinski definition) is 25. The molecule has 0 saturated carbocycles. The van der Waals surface area contributed by atoms with Gasteiger partial charge in [-0.05, 0) is 121 Å². The molecule has 3 aromatic carbocycles. The van der Waals surface area contributed by atoms with Crippen molar-refractivity contribution in [3.05, 3.63) is 104 Å². The topological polar surface area (TPSA) is 388 Å². The maximum atomic E-state index is 5.04. The number of tetrazole rings is 7. The molecule has 7 aromatic heterocycles. The smallest absolute Gasteiger partial charge is 0.260 e. The maximum absolute atomic E-state index is 5.04. The van der Waals surface area contributed by atoms with E-state index < -0.39 is 0 Å². The predicted octanol–water partition coefficient (Wildman–Crippen LogP) is 2.00. The minimum atomic E-state index is 0.176. The average molecular weight is 1020 g/mol. The second-order valence-electron chi connectivity index (χ2n) is 12.3. The number of benzene rings is 3. The number of aryl methyl sites for hydroxylation is 1. The summed E-state index contributed by atoms with van der Waals surface area (Å²) in [5.41, 5.74) is 7.75. The molecule has 356 valence electrons. The number of para-hydroxylation sites is 1. The summed E-state index contributed by atoms with van der Waals surface area (Å²) in [5, 5.41) is 78.4. The molecule has 68 heavy (non-hydrogen) atoms. The van der Waals surface area contributed by atoms with Crippen LogP contribution >= 0.6 is 60.6 Å². The van der Waals surface area contributed by atoms with Gasteiger partial charge < -0.3 is 15.4 Å². The van der Waals surface area contributed by atoms with E-state index in [2.05, 4.69) is 141 Å². The fourth-order valence-electron chi connectivity index (χ4n) is 4.22. The molecule has 7 heterocycles. The summed E-state index contributed by atoms with van der Waals surface area (Å²) in [4.78, 5) is 2.07. The van der Waals surface area contributed by atoms with Gasteiger partial charge in [0.2, 0.25) is 30.1 Å². The van der Waals surface area contributed by atoms with Gasteiger partial charge in [0.05, 0.1) is 25.0 Å². The zero-order valence-electron chi connectivity index (χ0n) is 36.4. The molecule has 31 nitrogen and oxygen atoms in total. The number of aromatic nitrogens is 28. The quantitative estimate of drug-likeness (QED) is 0.0797. The fraction of sp³-hybridized carbons (Fsp3) is 0.219. The maximum Gasteiger partial charge on any atom is 0.260 e. The Labute approximate surface area is 408 Å². The summed E-state index contributed by atoms with van der Waals surface area (Å²) in [6.07, 6.45) is 1.89. The molecule has 0 amide bonds. The summed E-state index contributed by atoms with van der Waals surface area (Å²) in [6.45, 7) is 1.73. The van der Waals surface area contributed by atoms with Crippen LogP contribution in [0.25, 0.3) is 22.8 Å². The zero-order chi connectivity index (χ0) is 48.9. The van der Waals surface area contributed by atoms with Crippen molar-refractivity contribution in [2.75, 3.05) is 39.7 Å². The normalized spacial score (nSPS) is 9.85. The minimum absolute atomic E-state index is 0.176. The lowest BCUT2D eigenvalue weighted by atomic mass is 10.2. The highest BCUT2D eigenvalue weighted by atomic mass is 32.2. The van der Waals surface area contributed by atoms with Crippen LogP contribution in [-0.4, -0.2) is 182 Å². The molecule has 36 heteroatoms. The highest BCUT2D eigenvalue weighted by molar-refractivity contribution is 7.98. The molecule has 0 saturated heterocycles. The number of nitrogens with one attached hydrogen (secondary N) is 7. The number of likely N-dealkylation sites (N-methyl/N-ethyl adjacent to an activating group) is 1. The molecule has 0 aliphatic heterocycles. The largest absolute Gasteiger partial charge is 0.497 e. The standard InChI is InChI=1S/C8H8N4OS.C7H6N4S.C7H6N4.C5H11N5S.2C2H4N4S.CH3N5/c1-13-7-4-2-6(3-5-7)12-8(14)9-10-11-12;12-7-8-9-10-11(7)6-4-2-1-3-5-6;1-2-4-6(5-3-1)7-8-10-11-9-7;1-9(2)3-4-10-5(11)6-7-8-10;1-6-2(7)3-4-5-6;1-7-2-3-5-6-4-2;2-1-3-5-6-4-1/h2-5H,1H3,(H,9,11,14);1-5H,(H,8,10,12);1-5H,(H,8,9,10,11);3-4H2,1-2H3,(H,6,8,11);1H3,(H,3,5,7);1H3,(H,3,4,5,6);(H3,2,3,4,5,6). The predicted molar refractivity (Wildman–Crippen MR) is 254 cm³/mol. The highest BCUT2D eigenvalue weighted by Crippen LogP contribution is 2.14. The molecule has 0 radical (unpaired) electrons. The van der Waals surface area contributed by atoms with Gasteiger partial charge in [-0.3, -0.25) is 0 Å². The molecule has 10 rings (SSSR count). The lowest BCUT2D eigenvalue weighted by Gasteiger charge is -2.07. The molecule has 0 aliphatic rings. The Bertz CT molecular complexity index is 3030. The summed E-state index contributed by atoms with van der Waals surface area (Å²) < 4.78 is 13.4. The minimum Gasteiger partial charge on any atom is -0.497 e. The van der Waals surface area contributed by atoms with Crippen molar-refractivity contribution >= 4 is 66.6 Å². The molecule has 9 N–H and O–H groups in total. The number of anilines is 1. The lowest BCUT2D eigenvalue weighted by Crippen LogP contribution is -2.19. The van der Waals surface area contributed by atoms with Crippen LogP contribution in [0.4, 0.5) is 5.95 Å². The number of hydrogen-bond donors (Lipinski definition) is 8. The summed E-state index contributed by atoms with van der Waals surface area (Å²) in [7, 11) is 7.39. The van der Waals surface area contributed by atoms with Gasteiger partial charge in [-0.2, -0.15) is 36.5 Å². The average Bonchev–Trinajstić information content (AvgIpc) is 4.23. The van der Waals surface area contributed by atoms with Crippen molar-refractivity contribution < 1.29 is 4.74 Å². The molecule has 0 bridgehead atoms. The molecule has 0 spiro atoms. The second kappa shape index (κ2) is 29.5. The molecule has 0 fully saturated rings. The molecule has 0 aliphatic carbocycles. The molecule has 0 atom stereocenters. The van der Waals surface area contributed by atoms with E-state index >= 15 is 0 Å². The number of aromatic amines is 7. The van der Waals surface area contributed by atoms with Crippen molar-refractivity contribution in [2.24, 2.45) is 7.05 Å². The monoisotopic (exact) mass is 1020 g/mol. The van der Waals surface area contributed by atoms with E-state index in [-0.39, 0.29) is 5.95 Å². The second-order valence-corrected chi connectivity index (χ2v) is 14.6. The van der Waals surface area contributed by atoms with Gasteiger partial charge >= 0.3 is 0 Å². The number of thioether (sulfide) groups is 1. The van der Waals surface area contributed by atoms with Crippen LogP contribution in [0.1, 0.15) is 0 Å². The van der Waals surface area contributed by atoms with Crippen LogP contribution in [-0.2, 0) is 13.6 Å². The SMILES string of the molecule is CN(C)CCn1[nH]nnc1=S.COc1ccc(-n2[nH]nnc2=S)cc1.CSc1nn[nH]n1.Cn1[nH]nnc1=S.Nc1nn[nH]n1.S=c1nn[nH]n1-c1ccccc1.c1ccc(-c2nn[nH]n2)cc1. The third-order valence-corrected chi connectivity index (χ3v) is 9.18. The number of ether oxygens (including phenoxy) is 1. The van der Waals surface area contributed by atoms with Gasteiger partial charge in [0, 0.05) is 19.2 Å². The van der Waals surface area contributed by atoms with Gasteiger partial charge in [-0.15, -0.1) is 25.5 Å². The number of methoxy groups -OCH3 is 1. The van der Waals surface area contributed by atoms with Gasteiger partial charge in [-0.1, -0.05) is 107 Å². The van der Waals surface area contributed by atoms with Gasteiger partial charge in [0.25, 0.3) is 5.95 Å². The van der Waals surface area contributed by atoms with E-state index in [1.54, 1.807) is 32.9 Å². The first-order chi connectivity index (χ1) is 33.0. The third-order valence-electron chi connectivity index (χ3n) is 7.46. The van der Waals surface area contributed by atoms with Crippen LogP contribution in [0.5, 0.6) is 5.75 Å². The Kier molecular flexibility index (Phi) is 22.8. The number of rotatable bonds is 8. The van der Waals surface area contributed by atoms with Crippen molar-refractivity contribution in [2.45, 2.75) is 11.7 Å². The van der Waals surface area contributed by atoms with E-state index in [4.69, 9.17) is 47.1 Å². The zero-order valence-corrected chi connectivity index (χ0v) is 40.4. The van der Waals surface area contributed by atoms with Crippen LogP contribution in [0.15, 0.2) is 90.1 Å². The Balaban J connectivity index is 0.000000176. The summed E-state index contributed by atoms with van der Waals surface area (Å²) in [5.74, 6) is 1.60. The Morgan fingerprint density at radius 1 is 0.588 bits per heavy atom. The van der Waals surface area contributed by atoms with Crippen LogP contribution in [0.3, 0.4) is 0 Å². The van der Waals surface area contributed by atoms with E-state index in [1.165, 1.54) is 11.8 Å². The van der Waals surface area contributed by atoms with Crippen molar-refractivity contribution in [1.29, 1.82) is 0 Å². The number of nitrogens with two attached hydrogens (primary N) is 1. The summed E-state index contributed by atoms with van der Waals surface area (Å²) >= 11 is 20.9. The molecule has 10 aromatic rings. The number of nitrogens with zero attached hydrogens (tertiary/aromatic N) is 22. The third kappa shape index (κ3) is 18.8. The van der Waals surface area contributed by atoms with Crippen molar-refractivity contribution in [3.8, 4) is 28.5 Å². The van der Waals surface area contributed by atoms with Crippen molar-refractivity contribution in [1.82, 2.24) is 148 Å². The fourth-order valence-corrected chi connectivity index (χ4v) is 5.11. The van der Waals surface area contributed by atoms with E-state index in [1.807, 2.05) is 105 Å². The van der Waals surface area contributed by atoms with Crippen LogP contribution in [0, 0.1) is 19.1 Å². The van der Waals surface area contributed by atoms with Gasteiger partial charge in [0.1, 0.15) is 5.75 Å². The Morgan fingerprint density at radius 3 is 1.50 bits per heavy atom.